The number of hydrogen-bond donors (Lipinski definition) is 1. The van der Waals surface area contributed by atoms with E-state index in [0.29, 0.717) is 10.6 Å². The van der Waals surface area contributed by atoms with Crippen molar-refractivity contribution in [2.24, 2.45) is 0 Å². The maximum Gasteiger partial charge on any atom is 0.266 e. The number of aromatic nitrogens is 1. The number of aryl methyl sites for hydroxylation is 3. The predicted molar refractivity (Wildman–Crippen MR) is 114 cm³/mol. The lowest BCUT2D eigenvalue weighted by Crippen LogP contribution is -2.35. The molecule has 0 aliphatic carbocycles. The Bertz CT molecular complexity index is 992. The Kier molecular flexibility index (Phi) is 5.90. The van der Waals surface area contributed by atoms with Gasteiger partial charge in [-0.3, -0.25) is 9.59 Å². The Morgan fingerprint density at radius 3 is 2.29 bits per heavy atom. The fourth-order valence-corrected chi connectivity index (χ4v) is 4.02. The van der Waals surface area contributed by atoms with Crippen LogP contribution in [0, 0.1) is 20.8 Å². The molecule has 0 aliphatic heterocycles. The zero-order chi connectivity index (χ0) is 20.3. The number of benzene rings is 2. The Labute approximate surface area is 169 Å². The number of para-hydroxylation sites is 1. The summed E-state index contributed by atoms with van der Waals surface area (Å²) >= 11 is 1.35. The van der Waals surface area contributed by atoms with Gasteiger partial charge in [0.25, 0.3) is 5.91 Å². The SMILES string of the molecule is Cc1cccc(C)c1NC(=O)CN(C)C(=O)c1sc(-c2ccccc2)nc1C. The minimum absolute atomic E-state index is 0.0232. The number of likely N-dealkylation sites (N-methyl/N-ethyl adjacent to an activating group) is 1. The molecule has 144 valence electrons. The molecular formula is C22H23N3O2S. The summed E-state index contributed by atoms with van der Waals surface area (Å²) in [6, 6.07) is 15.6. The van der Waals surface area contributed by atoms with Crippen molar-refractivity contribution in [2.75, 3.05) is 18.9 Å². The van der Waals surface area contributed by atoms with Gasteiger partial charge in [0.2, 0.25) is 5.91 Å². The summed E-state index contributed by atoms with van der Waals surface area (Å²) in [5.74, 6) is -0.424. The fourth-order valence-electron chi connectivity index (χ4n) is 2.95. The van der Waals surface area contributed by atoms with Crippen molar-refractivity contribution in [3.63, 3.8) is 0 Å². The molecule has 3 rings (SSSR count). The smallest absolute Gasteiger partial charge is 0.266 e. The highest BCUT2D eigenvalue weighted by Crippen LogP contribution is 2.28. The second kappa shape index (κ2) is 8.35. The molecule has 2 amide bonds. The molecule has 1 N–H and O–H groups in total. The first-order valence-corrected chi connectivity index (χ1v) is 9.83. The molecule has 0 saturated carbocycles. The van der Waals surface area contributed by atoms with Gasteiger partial charge in [-0.25, -0.2) is 4.98 Å². The van der Waals surface area contributed by atoms with Crippen molar-refractivity contribution in [1.29, 1.82) is 0 Å². The number of thiazole rings is 1. The first-order valence-electron chi connectivity index (χ1n) is 9.01. The maximum absolute atomic E-state index is 12.8. The third kappa shape index (κ3) is 4.28. The zero-order valence-electron chi connectivity index (χ0n) is 16.4. The van der Waals surface area contributed by atoms with Crippen LogP contribution in [-0.4, -0.2) is 35.3 Å². The molecule has 28 heavy (non-hydrogen) atoms. The lowest BCUT2D eigenvalue weighted by Gasteiger charge is -2.17. The van der Waals surface area contributed by atoms with Gasteiger partial charge in [-0.05, 0) is 31.9 Å². The monoisotopic (exact) mass is 393 g/mol. The third-order valence-electron chi connectivity index (χ3n) is 4.48. The normalized spacial score (nSPS) is 10.6. The van der Waals surface area contributed by atoms with Gasteiger partial charge >= 0.3 is 0 Å². The summed E-state index contributed by atoms with van der Waals surface area (Å²) in [7, 11) is 1.63. The molecule has 3 aromatic rings. The van der Waals surface area contributed by atoms with E-state index in [4.69, 9.17) is 0 Å². The van der Waals surface area contributed by atoms with Crippen molar-refractivity contribution in [1.82, 2.24) is 9.88 Å². The summed E-state index contributed by atoms with van der Waals surface area (Å²) in [5, 5.41) is 3.72. The summed E-state index contributed by atoms with van der Waals surface area (Å²) in [6.45, 7) is 5.69. The molecular weight excluding hydrogens is 370 g/mol. The van der Waals surface area contributed by atoms with E-state index in [9.17, 15) is 9.59 Å². The van der Waals surface area contributed by atoms with Crippen LogP contribution >= 0.6 is 11.3 Å². The van der Waals surface area contributed by atoms with E-state index in [1.54, 1.807) is 7.05 Å². The van der Waals surface area contributed by atoms with Gasteiger partial charge in [-0.2, -0.15) is 0 Å². The van der Waals surface area contributed by atoms with E-state index in [0.717, 1.165) is 27.4 Å². The molecule has 0 unspecified atom stereocenters. The number of hydrogen-bond acceptors (Lipinski definition) is 4. The largest absolute Gasteiger partial charge is 0.332 e. The van der Waals surface area contributed by atoms with Gasteiger partial charge in [0.05, 0.1) is 12.2 Å². The van der Waals surface area contributed by atoms with Crippen LogP contribution in [0.2, 0.25) is 0 Å². The topological polar surface area (TPSA) is 62.3 Å². The number of carbonyl (C=O) groups excluding carboxylic acids is 2. The van der Waals surface area contributed by atoms with Crippen LogP contribution in [0.15, 0.2) is 48.5 Å². The first kappa shape index (κ1) is 19.8. The average molecular weight is 394 g/mol. The summed E-state index contributed by atoms with van der Waals surface area (Å²) in [5.41, 5.74) is 4.44. The molecule has 1 heterocycles. The number of amides is 2. The number of carbonyl (C=O) groups is 2. The third-order valence-corrected chi connectivity index (χ3v) is 5.68. The Hall–Kier alpha value is -2.99. The van der Waals surface area contributed by atoms with Crippen molar-refractivity contribution in [3.05, 3.63) is 70.2 Å². The highest BCUT2D eigenvalue weighted by Gasteiger charge is 2.21. The van der Waals surface area contributed by atoms with Gasteiger partial charge in [0.1, 0.15) is 9.88 Å². The second-order valence-corrected chi connectivity index (χ2v) is 7.77. The molecule has 1 aromatic heterocycles. The van der Waals surface area contributed by atoms with Gasteiger partial charge in [-0.1, -0.05) is 48.5 Å². The van der Waals surface area contributed by atoms with E-state index in [1.807, 2.05) is 69.3 Å². The van der Waals surface area contributed by atoms with Crippen molar-refractivity contribution >= 4 is 28.8 Å². The maximum atomic E-state index is 12.8. The number of nitrogens with one attached hydrogen (secondary N) is 1. The lowest BCUT2D eigenvalue weighted by atomic mass is 10.1. The van der Waals surface area contributed by atoms with Crippen LogP contribution in [0.3, 0.4) is 0 Å². The highest BCUT2D eigenvalue weighted by molar-refractivity contribution is 7.17. The lowest BCUT2D eigenvalue weighted by molar-refractivity contribution is -0.116. The molecule has 6 heteroatoms. The van der Waals surface area contributed by atoms with E-state index < -0.39 is 0 Å². The zero-order valence-corrected chi connectivity index (χ0v) is 17.3. The Morgan fingerprint density at radius 2 is 1.64 bits per heavy atom. The molecule has 0 fully saturated rings. The molecule has 5 nitrogen and oxygen atoms in total. The Balaban J connectivity index is 1.71. The molecule has 0 radical (unpaired) electrons. The molecule has 0 saturated heterocycles. The number of anilines is 1. The number of nitrogens with zero attached hydrogens (tertiary/aromatic N) is 2. The van der Waals surface area contributed by atoms with Gasteiger partial charge < -0.3 is 10.2 Å². The molecule has 0 bridgehead atoms. The van der Waals surface area contributed by atoms with Crippen molar-refractivity contribution in [2.45, 2.75) is 20.8 Å². The standard InChI is InChI=1S/C22H23N3O2S/c1-14-9-8-10-15(2)19(14)24-18(26)13-25(4)22(27)20-16(3)23-21(28-20)17-11-6-5-7-12-17/h5-12H,13H2,1-4H3,(H,24,26). The molecule has 0 atom stereocenters. The summed E-state index contributed by atoms with van der Waals surface area (Å²) in [6.07, 6.45) is 0. The molecule has 0 aliphatic rings. The van der Waals surface area contributed by atoms with Crippen LogP contribution in [0.5, 0.6) is 0 Å². The fraction of sp³-hybridized carbons (Fsp3) is 0.227. The van der Waals surface area contributed by atoms with Crippen LogP contribution in [0.4, 0.5) is 5.69 Å². The summed E-state index contributed by atoms with van der Waals surface area (Å²) in [4.78, 5) is 31.8. The van der Waals surface area contributed by atoms with E-state index in [1.165, 1.54) is 16.2 Å². The predicted octanol–water partition coefficient (Wildman–Crippen LogP) is 4.45. The van der Waals surface area contributed by atoms with E-state index in [-0.39, 0.29) is 18.4 Å². The van der Waals surface area contributed by atoms with Crippen LogP contribution < -0.4 is 5.32 Å². The Morgan fingerprint density at radius 1 is 1.00 bits per heavy atom. The average Bonchev–Trinajstić information content (AvgIpc) is 3.06. The quantitative estimate of drug-likeness (QED) is 0.697. The van der Waals surface area contributed by atoms with Gasteiger partial charge in [0, 0.05) is 18.3 Å². The van der Waals surface area contributed by atoms with Gasteiger partial charge in [-0.15, -0.1) is 11.3 Å². The molecule has 2 aromatic carbocycles. The van der Waals surface area contributed by atoms with E-state index >= 15 is 0 Å². The summed E-state index contributed by atoms with van der Waals surface area (Å²) < 4.78 is 0. The van der Waals surface area contributed by atoms with Crippen LogP contribution in [-0.2, 0) is 4.79 Å². The minimum atomic E-state index is -0.223. The highest BCUT2D eigenvalue weighted by atomic mass is 32.1. The molecule has 0 spiro atoms. The van der Waals surface area contributed by atoms with Crippen LogP contribution in [0.25, 0.3) is 10.6 Å². The number of rotatable bonds is 5. The van der Waals surface area contributed by atoms with Gasteiger partial charge in [0.15, 0.2) is 0 Å². The van der Waals surface area contributed by atoms with Crippen LogP contribution in [0.1, 0.15) is 26.5 Å². The minimum Gasteiger partial charge on any atom is -0.332 e. The first-order chi connectivity index (χ1) is 13.4. The van der Waals surface area contributed by atoms with E-state index in [2.05, 4.69) is 10.3 Å². The van der Waals surface area contributed by atoms with Crippen molar-refractivity contribution in [3.8, 4) is 10.6 Å². The van der Waals surface area contributed by atoms with Crippen molar-refractivity contribution < 1.29 is 9.59 Å². The second-order valence-electron chi connectivity index (χ2n) is 6.78.